The Morgan fingerprint density at radius 1 is 1.59 bits per heavy atom. The topological polar surface area (TPSA) is 87.6 Å². The van der Waals surface area contributed by atoms with E-state index in [4.69, 9.17) is 15.1 Å². The third-order valence-electron chi connectivity index (χ3n) is 3.22. The highest BCUT2D eigenvalue weighted by molar-refractivity contribution is 5.96. The Morgan fingerprint density at radius 2 is 2.36 bits per heavy atom. The first-order valence-corrected chi connectivity index (χ1v) is 7.04. The van der Waals surface area contributed by atoms with E-state index in [0.29, 0.717) is 23.8 Å². The number of carbonyl (C=O) groups is 1. The Balaban J connectivity index is 2.58. The molecule has 0 bridgehead atoms. The molecule has 1 N–H and O–H groups in total. The summed E-state index contributed by atoms with van der Waals surface area (Å²) < 4.78 is 7.40. The number of carboxylic acid groups (broad SMARTS) is 1. The average Bonchev–Trinajstić information content (AvgIpc) is 2.84. The Morgan fingerprint density at radius 3 is 3.00 bits per heavy atom. The minimum Gasteiger partial charge on any atom is -0.477 e. The average molecular weight is 299 g/mol. The lowest BCUT2D eigenvalue weighted by Gasteiger charge is -2.03. The number of aryl methyl sites for hydroxylation is 1. The smallest absolute Gasteiger partial charge is 0.346 e. The second kappa shape index (κ2) is 6.76. The van der Waals surface area contributed by atoms with Crippen molar-refractivity contribution in [2.75, 3.05) is 6.61 Å². The van der Waals surface area contributed by atoms with Crippen LogP contribution < -0.4 is 4.74 Å². The van der Waals surface area contributed by atoms with Gasteiger partial charge in [-0.2, -0.15) is 10.2 Å². The Labute approximate surface area is 128 Å². The number of unbranched alkanes of at least 4 members (excludes halogenated alkanes) is 1. The second-order valence-corrected chi connectivity index (χ2v) is 4.86. The van der Waals surface area contributed by atoms with E-state index < -0.39 is 5.97 Å². The summed E-state index contributed by atoms with van der Waals surface area (Å²) >= 11 is 0. The van der Waals surface area contributed by atoms with Crippen molar-refractivity contribution in [3.63, 3.8) is 0 Å². The first-order chi connectivity index (χ1) is 10.6. The lowest BCUT2D eigenvalue weighted by molar-refractivity contribution is -0.132. The highest BCUT2D eigenvalue weighted by Crippen LogP contribution is 2.24. The third kappa shape index (κ3) is 3.09. The molecule has 6 nitrogen and oxygen atoms in total. The maximum Gasteiger partial charge on any atom is 0.346 e. The summed E-state index contributed by atoms with van der Waals surface area (Å²) in [5.74, 6) is -0.929. The number of ether oxygens (including phenoxy) is 1. The first kappa shape index (κ1) is 15.6. The first-order valence-electron chi connectivity index (χ1n) is 7.04. The Bertz CT molecular complexity index is 769. The van der Waals surface area contributed by atoms with E-state index >= 15 is 0 Å². The van der Waals surface area contributed by atoms with Gasteiger partial charge in [-0.05, 0) is 31.1 Å². The van der Waals surface area contributed by atoms with Crippen LogP contribution >= 0.6 is 0 Å². The number of nitriles is 1. The summed E-state index contributed by atoms with van der Waals surface area (Å²) in [6.07, 6.45) is 4.92. The number of aromatic nitrogens is 2. The highest BCUT2D eigenvalue weighted by Gasteiger charge is 2.16. The maximum atomic E-state index is 11.1. The molecule has 0 saturated carbocycles. The zero-order valence-electron chi connectivity index (χ0n) is 12.5. The van der Waals surface area contributed by atoms with Gasteiger partial charge in [-0.3, -0.25) is 4.40 Å². The molecule has 0 saturated heterocycles. The summed E-state index contributed by atoms with van der Waals surface area (Å²) in [7, 11) is 0. The van der Waals surface area contributed by atoms with Gasteiger partial charge in [-0.15, -0.1) is 0 Å². The minimum absolute atomic E-state index is 0.344. The van der Waals surface area contributed by atoms with Crippen molar-refractivity contribution in [2.24, 2.45) is 0 Å². The van der Waals surface area contributed by atoms with E-state index in [1.165, 1.54) is 6.08 Å². The summed E-state index contributed by atoms with van der Waals surface area (Å²) in [6, 6.07) is 5.43. The molecule has 0 aliphatic carbocycles. The van der Waals surface area contributed by atoms with Crippen LogP contribution in [-0.4, -0.2) is 27.1 Å². The number of hydrogen-bond acceptors (Lipinski definition) is 4. The number of hydrogen-bond donors (Lipinski definition) is 1. The van der Waals surface area contributed by atoms with Crippen LogP contribution in [0.5, 0.6) is 5.88 Å². The Hall–Kier alpha value is -2.81. The zero-order chi connectivity index (χ0) is 16.1. The molecule has 2 aromatic rings. The van der Waals surface area contributed by atoms with Gasteiger partial charge >= 0.3 is 5.97 Å². The summed E-state index contributed by atoms with van der Waals surface area (Å²) in [5.41, 5.74) is 1.73. The standard InChI is InChI=1S/C16H17N3O3/c1-3-4-8-22-15-13(9-12(10-17)16(20)21)19-7-5-6-11(2)14(19)18-15/h5-7,9H,3-4,8H2,1-2H3,(H,20,21). The maximum absolute atomic E-state index is 11.1. The molecular formula is C16H17N3O3. The minimum atomic E-state index is -1.27. The number of rotatable bonds is 6. The van der Waals surface area contributed by atoms with E-state index in [2.05, 4.69) is 11.9 Å². The van der Waals surface area contributed by atoms with Crippen molar-refractivity contribution >= 4 is 17.7 Å². The lowest BCUT2D eigenvalue weighted by Crippen LogP contribution is -2.01. The van der Waals surface area contributed by atoms with Crippen LogP contribution in [0.1, 0.15) is 31.0 Å². The van der Waals surface area contributed by atoms with Crippen molar-refractivity contribution in [3.8, 4) is 11.9 Å². The van der Waals surface area contributed by atoms with Crippen LogP contribution in [0, 0.1) is 18.3 Å². The number of pyridine rings is 1. The fraction of sp³-hybridized carbons (Fsp3) is 0.312. The zero-order valence-corrected chi connectivity index (χ0v) is 12.5. The molecule has 2 rings (SSSR count). The van der Waals surface area contributed by atoms with Crippen molar-refractivity contribution in [1.82, 2.24) is 9.38 Å². The van der Waals surface area contributed by atoms with Gasteiger partial charge in [0.25, 0.3) is 0 Å². The van der Waals surface area contributed by atoms with Crippen LogP contribution in [-0.2, 0) is 4.79 Å². The van der Waals surface area contributed by atoms with E-state index in [1.807, 2.05) is 19.1 Å². The molecule has 114 valence electrons. The van der Waals surface area contributed by atoms with Gasteiger partial charge in [-0.1, -0.05) is 19.4 Å². The predicted octanol–water partition coefficient (Wildman–Crippen LogP) is 2.81. The molecule has 0 amide bonds. The van der Waals surface area contributed by atoms with Gasteiger partial charge < -0.3 is 9.84 Å². The third-order valence-corrected chi connectivity index (χ3v) is 3.22. The summed E-state index contributed by atoms with van der Waals surface area (Å²) in [5, 5.41) is 18.0. The molecule has 0 aromatic carbocycles. The van der Waals surface area contributed by atoms with E-state index in [-0.39, 0.29) is 5.57 Å². The SMILES string of the molecule is CCCCOc1nc2c(C)cccn2c1C=C(C#N)C(=O)O. The fourth-order valence-corrected chi connectivity index (χ4v) is 2.03. The molecule has 0 unspecified atom stereocenters. The predicted molar refractivity (Wildman–Crippen MR) is 81.6 cm³/mol. The molecule has 0 radical (unpaired) electrons. The van der Waals surface area contributed by atoms with Gasteiger partial charge in [0.05, 0.1) is 6.61 Å². The number of imidazole rings is 1. The molecule has 0 spiro atoms. The van der Waals surface area contributed by atoms with Crippen molar-refractivity contribution in [3.05, 3.63) is 35.2 Å². The Kier molecular flexibility index (Phi) is 4.79. The van der Waals surface area contributed by atoms with Gasteiger partial charge in [0, 0.05) is 6.20 Å². The molecule has 0 fully saturated rings. The number of nitrogens with zero attached hydrogens (tertiary/aromatic N) is 3. The molecule has 2 aromatic heterocycles. The molecule has 22 heavy (non-hydrogen) atoms. The van der Waals surface area contributed by atoms with E-state index in [1.54, 1.807) is 16.7 Å². The normalized spacial score (nSPS) is 11.4. The van der Waals surface area contributed by atoms with E-state index in [0.717, 1.165) is 18.4 Å². The highest BCUT2D eigenvalue weighted by atomic mass is 16.5. The molecular weight excluding hydrogens is 282 g/mol. The molecule has 6 heteroatoms. The van der Waals surface area contributed by atoms with Crippen molar-refractivity contribution < 1.29 is 14.6 Å². The van der Waals surface area contributed by atoms with E-state index in [9.17, 15) is 4.79 Å². The number of aliphatic carboxylic acids is 1. The number of fused-ring (bicyclic) bond motifs is 1. The lowest BCUT2D eigenvalue weighted by atomic mass is 10.2. The molecule has 2 heterocycles. The van der Waals surface area contributed by atoms with Crippen molar-refractivity contribution in [2.45, 2.75) is 26.7 Å². The monoisotopic (exact) mass is 299 g/mol. The van der Waals surface area contributed by atoms with Crippen LogP contribution in [0.2, 0.25) is 0 Å². The molecule has 0 atom stereocenters. The van der Waals surface area contributed by atoms with Crippen LogP contribution in [0.15, 0.2) is 23.9 Å². The molecule has 0 aliphatic heterocycles. The number of carboxylic acids is 1. The summed E-state index contributed by atoms with van der Waals surface area (Å²) in [4.78, 5) is 15.5. The van der Waals surface area contributed by atoms with Crippen LogP contribution in [0.25, 0.3) is 11.7 Å². The largest absolute Gasteiger partial charge is 0.477 e. The van der Waals surface area contributed by atoms with Crippen molar-refractivity contribution in [1.29, 1.82) is 5.26 Å². The second-order valence-electron chi connectivity index (χ2n) is 4.86. The van der Waals surface area contributed by atoms with Gasteiger partial charge in [0.1, 0.15) is 23.0 Å². The van der Waals surface area contributed by atoms with Crippen LogP contribution in [0.4, 0.5) is 0 Å². The molecule has 0 aliphatic rings. The summed E-state index contributed by atoms with van der Waals surface area (Å²) in [6.45, 7) is 4.46. The van der Waals surface area contributed by atoms with Gasteiger partial charge in [0.2, 0.25) is 5.88 Å². The van der Waals surface area contributed by atoms with Gasteiger partial charge in [0.15, 0.2) is 0 Å². The van der Waals surface area contributed by atoms with Gasteiger partial charge in [-0.25, -0.2) is 4.79 Å². The quantitative estimate of drug-likeness (QED) is 0.503. The fourth-order valence-electron chi connectivity index (χ4n) is 2.03. The van der Waals surface area contributed by atoms with Crippen LogP contribution in [0.3, 0.4) is 0 Å².